The van der Waals surface area contributed by atoms with Crippen LogP contribution in [0, 0.1) is 5.92 Å². The van der Waals surface area contributed by atoms with Crippen molar-refractivity contribution in [2.24, 2.45) is 10.9 Å². The molecule has 0 aromatic heterocycles. The molecule has 0 aliphatic carbocycles. The molecule has 2 aromatic carbocycles. The predicted molar refractivity (Wildman–Crippen MR) is 118 cm³/mol. The number of hydrogen-bond donors (Lipinski definition) is 0. The number of carbonyl (C=O) groups excluding carboxylic acids is 2. The SMILES string of the molecule is CCOC(=O)C1C(C)=NC2=C(C(=O)OC2)C1c1ccccc1S(=O)(=O)Cc1ccccc1. The average molecular weight is 454 g/mol. The summed E-state index contributed by atoms with van der Waals surface area (Å²) in [5.41, 5.74) is 2.11. The largest absolute Gasteiger partial charge is 0.465 e. The number of cyclic esters (lactones) is 1. The van der Waals surface area contributed by atoms with Gasteiger partial charge in [-0.15, -0.1) is 0 Å². The van der Waals surface area contributed by atoms with Crippen molar-refractivity contribution in [3.05, 3.63) is 77.0 Å². The zero-order valence-electron chi connectivity index (χ0n) is 17.8. The second kappa shape index (κ2) is 8.70. The van der Waals surface area contributed by atoms with E-state index < -0.39 is 33.6 Å². The fourth-order valence-electron chi connectivity index (χ4n) is 4.26. The number of benzene rings is 2. The first-order valence-corrected chi connectivity index (χ1v) is 12.0. The van der Waals surface area contributed by atoms with Gasteiger partial charge >= 0.3 is 11.9 Å². The van der Waals surface area contributed by atoms with Gasteiger partial charge in [0.15, 0.2) is 9.84 Å². The van der Waals surface area contributed by atoms with E-state index in [0.29, 0.717) is 22.5 Å². The van der Waals surface area contributed by atoms with E-state index in [1.54, 1.807) is 56.3 Å². The zero-order valence-corrected chi connectivity index (χ0v) is 18.6. The molecule has 0 saturated carbocycles. The highest BCUT2D eigenvalue weighted by atomic mass is 32.2. The number of rotatable bonds is 6. The van der Waals surface area contributed by atoms with Crippen LogP contribution >= 0.6 is 0 Å². The molecule has 4 rings (SSSR count). The van der Waals surface area contributed by atoms with Crippen molar-refractivity contribution in [3.8, 4) is 0 Å². The van der Waals surface area contributed by atoms with E-state index in [1.165, 1.54) is 6.07 Å². The molecule has 0 amide bonds. The van der Waals surface area contributed by atoms with Crippen LogP contribution in [0.15, 0.2) is 75.8 Å². The summed E-state index contributed by atoms with van der Waals surface area (Å²) < 4.78 is 37.3. The third-order valence-corrected chi connectivity index (χ3v) is 7.36. The van der Waals surface area contributed by atoms with E-state index in [0.717, 1.165) is 0 Å². The Morgan fingerprint density at radius 3 is 2.53 bits per heavy atom. The molecule has 2 atom stereocenters. The Bertz CT molecular complexity index is 1230. The van der Waals surface area contributed by atoms with E-state index in [-0.39, 0.29) is 29.4 Å². The number of esters is 2. The number of nitrogens with zero attached hydrogens (tertiary/aromatic N) is 1. The van der Waals surface area contributed by atoms with Crippen molar-refractivity contribution in [3.63, 3.8) is 0 Å². The van der Waals surface area contributed by atoms with Gasteiger partial charge in [-0.05, 0) is 31.0 Å². The molecule has 2 aliphatic rings. The lowest BCUT2D eigenvalue weighted by Gasteiger charge is -2.30. The van der Waals surface area contributed by atoms with Gasteiger partial charge in [-0.1, -0.05) is 48.5 Å². The first-order chi connectivity index (χ1) is 15.3. The summed E-state index contributed by atoms with van der Waals surface area (Å²) in [6.07, 6.45) is 0. The van der Waals surface area contributed by atoms with Gasteiger partial charge in [0, 0.05) is 11.6 Å². The number of hydrogen-bond acceptors (Lipinski definition) is 7. The lowest BCUT2D eigenvalue weighted by molar-refractivity contribution is -0.146. The minimum atomic E-state index is -3.79. The Kier molecular flexibility index (Phi) is 5.97. The van der Waals surface area contributed by atoms with Crippen molar-refractivity contribution in [2.75, 3.05) is 13.2 Å². The summed E-state index contributed by atoms with van der Waals surface area (Å²) in [6.45, 7) is 3.52. The van der Waals surface area contributed by atoms with Crippen molar-refractivity contribution < 1.29 is 27.5 Å². The summed E-state index contributed by atoms with van der Waals surface area (Å²) in [6, 6.07) is 15.3. The van der Waals surface area contributed by atoms with Gasteiger partial charge in [-0.3, -0.25) is 9.79 Å². The lowest BCUT2D eigenvalue weighted by atomic mass is 9.76. The third-order valence-electron chi connectivity index (χ3n) is 5.61. The number of aliphatic imine (C=N–C) groups is 1. The topological polar surface area (TPSA) is 99.1 Å². The molecule has 0 saturated heterocycles. The fraction of sp³-hybridized carbons (Fsp3) is 0.292. The minimum absolute atomic E-state index is 0.00349. The molecule has 2 heterocycles. The molecule has 8 heteroatoms. The maximum Gasteiger partial charge on any atom is 0.337 e. The first kappa shape index (κ1) is 22.0. The van der Waals surface area contributed by atoms with Crippen LogP contribution in [0.2, 0.25) is 0 Å². The van der Waals surface area contributed by atoms with E-state index in [4.69, 9.17) is 9.47 Å². The van der Waals surface area contributed by atoms with Crippen molar-refractivity contribution in [2.45, 2.75) is 30.4 Å². The third kappa shape index (κ3) is 3.98. The summed E-state index contributed by atoms with van der Waals surface area (Å²) in [5, 5.41) is 0. The van der Waals surface area contributed by atoms with Crippen LogP contribution in [0.3, 0.4) is 0 Å². The summed E-state index contributed by atoms with van der Waals surface area (Å²) >= 11 is 0. The Morgan fingerprint density at radius 2 is 1.81 bits per heavy atom. The van der Waals surface area contributed by atoms with Crippen LogP contribution in [0.4, 0.5) is 0 Å². The average Bonchev–Trinajstić information content (AvgIpc) is 3.13. The molecule has 2 unspecified atom stereocenters. The number of carbonyl (C=O) groups is 2. The van der Waals surface area contributed by atoms with E-state index in [2.05, 4.69) is 4.99 Å². The minimum Gasteiger partial charge on any atom is -0.465 e. The molecule has 0 bridgehead atoms. The summed E-state index contributed by atoms with van der Waals surface area (Å²) in [5.74, 6) is -3.14. The van der Waals surface area contributed by atoms with Crippen LogP contribution in [0.1, 0.15) is 30.9 Å². The Balaban J connectivity index is 1.86. The van der Waals surface area contributed by atoms with E-state index in [1.807, 2.05) is 6.07 Å². The summed E-state index contributed by atoms with van der Waals surface area (Å²) in [7, 11) is -3.79. The highest BCUT2D eigenvalue weighted by molar-refractivity contribution is 7.90. The number of ether oxygens (including phenoxy) is 2. The highest BCUT2D eigenvalue weighted by Crippen LogP contribution is 2.44. The molecule has 0 spiro atoms. The first-order valence-electron chi connectivity index (χ1n) is 10.3. The van der Waals surface area contributed by atoms with Gasteiger partial charge in [0.05, 0.1) is 28.5 Å². The van der Waals surface area contributed by atoms with E-state index in [9.17, 15) is 18.0 Å². The van der Waals surface area contributed by atoms with Gasteiger partial charge in [0.1, 0.15) is 12.5 Å². The molecule has 0 radical (unpaired) electrons. The fourth-order valence-corrected chi connectivity index (χ4v) is 5.89. The van der Waals surface area contributed by atoms with Crippen molar-refractivity contribution in [1.29, 1.82) is 0 Å². The zero-order chi connectivity index (χ0) is 22.9. The molecular formula is C24H23NO6S. The Hall–Kier alpha value is -3.26. The van der Waals surface area contributed by atoms with Crippen LogP contribution in [0.25, 0.3) is 0 Å². The molecule has 7 nitrogen and oxygen atoms in total. The van der Waals surface area contributed by atoms with E-state index >= 15 is 0 Å². The molecule has 0 fully saturated rings. The quantitative estimate of drug-likeness (QED) is 0.623. The van der Waals surface area contributed by atoms with Gasteiger partial charge in [0.2, 0.25) is 0 Å². The second-order valence-corrected chi connectivity index (χ2v) is 9.64. The maximum atomic E-state index is 13.4. The predicted octanol–water partition coefficient (Wildman–Crippen LogP) is 3.21. The van der Waals surface area contributed by atoms with Crippen LogP contribution in [-0.2, 0) is 34.7 Å². The normalized spacial score (nSPS) is 20.4. The molecular weight excluding hydrogens is 430 g/mol. The Morgan fingerprint density at radius 1 is 1.12 bits per heavy atom. The smallest absolute Gasteiger partial charge is 0.337 e. The second-order valence-electron chi connectivity index (χ2n) is 7.68. The monoisotopic (exact) mass is 453 g/mol. The molecule has 2 aliphatic heterocycles. The molecule has 166 valence electrons. The van der Waals surface area contributed by atoms with Gasteiger partial charge in [0.25, 0.3) is 0 Å². The van der Waals surface area contributed by atoms with Crippen molar-refractivity contribution in [1.82, 2.24) is 0 Å². The number of sulfone groups is 1. The lowest BCUT2D eigenvalue weighted by Crippen LogP contribution is -2.36. The summed E-state index contributed by atoms with van der Waals surface area (Å²) in [4.78, 5) is 30.0. The van der Waals surface area contributed by atoms with Gasteiger partial charge < -0.3 is 9.47 Å². The van der Waals surface area contributed by atoms with Gasteiger partial charge in [-0.2, -0.15) is 0 Å². The highest BCUT2D eigenvalue weighted by Gasteiger charge is 2.46. The molecule has 32 heavy (non-hydrogen) atoms. The Labute approximate surface area is 186 Å². The molecule has 2 aromatic rings. The molecule has 0 N–H and O–H groups in total. The maximum absolute atomic E-state index is 13.4. The van der Waals surface area contributed by atoms with Crippen LogP contribution < -0.4 is 0 Å². The van der Waals surface area contributed by atoms with Crippen LogP contribution in [0.5, 0.6) is 0 Å². The van der Waals surface area contributed by atoms with Crippen LogP contribution in [-0.4, -0.2) is 39.3 Å². The standard InChI is InChI=1S/C24H23NO6S/c1-3-30-23(26)20-15(2)25-18-13-31-24(27)22(18)21(20)17-11-7-8-12-19(17)32(28,29)14-16-9-5-4-6-10-16/h4-12,20-21H,3,13-14H2,1-2H3. The van der Waals surface area contributed by atoms with Crippen molar-refractivity contribution >= 4 is 27.5 Å². The van der Waals surface area contributed by atoms with Gasteiger partial charge in [-0.25, -0.2) is 13.2 Å².